The van der Waals surface area contributed by atoms with Gasteiger partial charge in [0, 0.05) is 11.3 Å². The van der Waals surface area contributed by atoms with Crippen molar-refractivity contribution in [1.82, 2.24) is 0 Å². The monoisotopic (exact) mass is 484 g/mol. The van der Waals surface area contributed by atoms with Crippen LogP contribution in [0.5, 0.6) is 0 Å². The van der Waals surface area contributed by atoms with Crippen molar-refractivity contribution in [3.05, 3.63) is 36.0 Å². The van der Waals surface area contributed by atoms with Gasteiger partial charge in [0.05, 0.1) is 11.5 Å². The van der Waals surface area contributed by atoms with Crippen LogP contribution in [0.4, 0.5) is 0 Å². The highest BCUT2D eigenvalue weighted by molar-refractivity contribution is 5.81. The van der Waals surface area contributed by atoms with E-state index >= 15 is 0 Å². The van der Waals surface area contributed by atoms with Crippen LogP contribution in [0.1, 0.15) is 108 Å². The standard InChI is InChI=1S/C32H52O3/c1-11-18-32-25(15-16-26(33)29(32,7)8)30(9,27(34)35-32)20-21-31(10)24(17-19-28(31,5)6)23(4)14-12-13-22(2)3/h11-14,18,23-26,33H,15-17,19-21H2,1-10H3/b14-12+,18-11-/t23-,24-,25?,26+,30-,31-,32-/m1/s1. The Bertz CT molecular complexity index is 888. The van der Waals surface area contributed by atoms with E-state index in [-0.39, 0.29) is 22.7 Å². The third-order valence-corrected chi connectivity index (χ3v) is 11.1. The predicted molar refractivity (Wildman–Crippen MR) is 146 cm³/mol. The van der Waals surface area contributed by atoms with Crippen LogP contribution in [-0.2, 0) is 9.53 Å². The molecule has 1 N–H and O–H groups in total. The Labute approximate surface area is 215 Å². The van der Waals surface area contributed by atoms with Crippen LogP contribution in [0.3, 0.4) is 0 Å². The van der Waals surface area contributed by atoms with Gasteiger partial charge in [-0.05, 0) is 95.0 Å². The lowest BCUT2D eigenvalue weighted by Crippen LogP contribution is -2.58. The van der Waals surface area contributed by atoms with Gasteiger partial charge in [-0.15, -0.1) is 0 Å². The second kappa shape index (κ2) is 9.51. The lowest BCUT2D eigenvalue weighted by Gasteiger charge is -2.53. The van der Waals surface area contributed by atoms with Gasteiger partial charge in [-0.2, -0.15) is 0 Å². The lowest BCUT2D eigenvalue weighted by molar-refractivity contribution is -0.172. The number of carbonyl (C=O) groups is 1. The van der Waals surface area contributed by atoms with E-state index in [1.54, 1.807) is 0 Å². The maximum Gasteiger partial charge on any atom is 0.313 e. The summed E-state index contributed by atoms with van der Waals surface area (Å²) in [5.41, 5.74) is -0.112. The molecule has 0 amide bonds. The van der Waals surface area contributed by atoms with Crippen molar-refractivity contribution in [3.63, 3.8) is 0 Å². The number of hydrogen-bond acceptors (Lipinski definition) is 3. The molecule has 1 saturated heterocycles. The first-order chi connectivity index (χ1) is 16.1. The quantitative estimate of drug-likeness (QED) is 0.226. The van der Waals surface area contributed by atoms with Crippen LogP contribution in [-0.4, -0.2) is 22.8 Å². The number of ether oxygens (including phenoxy) is 1. The van der Waals surface area contributed by atoms with Crippen LogP contribution in [0.25, 0.3) is 0 Å². The average Bonchev–Trinajstić information content (AvgIpc) is 3.12. The molecule has 2 aliphatic carbocycles. The first-order valence-electron chi connectivity index (χ1n) is 14.0. The molecule has 1 unspecified atom stereocenters. The van der Waals surface area contributed by atoms with Crippen molar-refractivity contribution in [2.24, 2.45) is 39.4 Å². The number of fused-ring (bicyclic) bond motifs is 1. The minimum atomic E-state index is -0.739. The summed E-state index contributed by atoms with van der Waals surface area (Å²) in [5, 5.41) is 10.9. The van der Waals surface area contributed by atoms with Crippen molar-refractivity contribution in [2.75, 3.05) is 0 Å². The molecule has 1 aliphatic heterocycles. The highest BCUT2D eigenvalue weighted by atomic mass is 16.6. The summed E-state index contributed by atoms with van der Waals surface area (Å²) in [6.45, 7) is 22.3. The van der Waals surface area contributed by atoms with E-state index in [9.17, 15) is 9.90 Å². The van der Waals surface area contributed by atoms with Crippen molar-refractivity contribution in [3.8, 4) is 0 Å². The zero-order valence-electron chi connectivity index (χ0n) is 24.2. The molecule has 0 aromatic carbocycles. The zero-order valence-corrected chi connectivity index (χ0v) is 24.2. The topological polar surface area (TPSA) is 46.5 Å². The molecule has 3 heteroatoms. The zero-order chi connectivity index (χ0) is 26.4. The van der Waals surface area contributed by atoms with Crippen molar-refractivity contribution >= 4 is 5.97 Å². The summed E-state index contributed by atoms with van der Waals surface area (Å²) < 4.78 is 6.34. The van der Waals surface area contributed by atoms with Gasteiger partial charge >= 0.3 is 5.97 Å². The fraction of sp³-hybridized carbons (Fsp3) is 0.781. The second-order valence-corrected chi connectivity index (χ2v) is 13.9. The van der Waals surface area contributed by atoms with Crippen molar-refractivity contribution < 1.29 is 14.6 Å². The Kier molecular flexibility index (Phi) is 7.67. The first-order valence-corrected chi connectivity index (χ1v) is 14.0. The van der Waals surface area contributed by atoms with Gasteiger partial charge in [0.25, 0.3) is 0 Å². The largest absolute Gasteiger partial charge is 0.453 e. The third-order valence-electron chi connectivity index (χ3n) is 11.1. The van der Waals surface area contributed by atoms with Crippen LogP contribution < -0.4 is 0 Å². The second-order valence-electron chi connectivity index (χ2n) is 13.9. The molecular weight excluding hydrogens is 432 g/mol. The number of hydrogen-bond donors (Lipinski definition) is 1. The SMILES string of the molecule is C/C=C\[C@@]12OC(=O)[C@](C)(CC[C@]3(C)[C@@H]([C@H](C)/C=C/C=C(C)C)CCC3(C)C)C1CC[C@H](O)C2(C)C. The van der Waals surface area contributed by atoms with E-state index < -0.39 is 22.5 Å². The van der Waals surface area contributed by atoms with Crippen LogP contribution in [0.15, 0.2) is 36.0 Å². The molecule has 0 bridgehead atoms. The Morgan fingerprint density at radius 2 is 1.74 bits per heavy atom. The van der Waals surface area contributed by atoms with Crippen LogP contribution in [0.2, 0.25) is 0 Å². The molecule has 0 aromatic rings. The summed E-state index contributed by atoms with van der Waals surface area (Å²) in [7, 11) is 0. The maximum absolute atomic E-state index is 13.7. The molecule has 2 saturated carbocycles. The molecule has 1 heterocycles. The smallest absolute Gasteiger partial charge is 0.313 e. The van der Waals surface area contributed by atoms with Gasteiger partial charge in [-0.1, -0.05) is 71.4 Å². The Hall–Kier alpha value is -1.35. The molecule has 35 heavy (non-hydrogen) atoms. The van der Waals surface area contributed by atoms with Crippen LogP contribution in [0, 0.1) is 39.4 Å². The highest BCUT2D eigenvalue weighted by Crippen LogP contribution is 2.65. The van der Waals surface area contributed by atoms with E-state index in [0.29, 0.717) is 11.8 Å². The summed E-state index contributed by atoms with van der Waals surface area (Å²) in [5.74, 6) is 1.09. The van der Waals surface area contributed by atoms with Crippen molar-refractivity contribution in [2.45, 2.75) is 119 Å². The fourth-order valence-corrected chi connectivity index (χ4v) is 7.97. The Morgan fingerprint density at radius 3 is 2.34 bits per heavy atom. The predicted octanol–water partition coefficient (Wildman–Crippen LogP) is 8.04. The fourth-order valence-electron chi connectivity index (χ4n) is 7.97. The Morgan fingerprint density at radius 1 is 1.09 bits per heavy atom. The third kappa shape index (κ3) is 4.38. The molecule has 3 rings (SSSR count). The van der Waals surface area contributed by atoms with Gasteiger partial charge in [0.1, 0.15) is 5.60 Å². The maximum atomic E-state index is 13.7. The average molecular weight is 485 g/mol. The van der Waals surface area contributed by atoms with Gasteiger partial charge in [0.15, 0.2) is 0 Å². The van der Waals surface area contributed by atoms with E-state index in [0.717, 1.165) is 25.7 Å². The number of esters is 1. The molecule has 0 aromatic heterocycles. The number of allylic oxidation sites excluding steroid dienone is 5. The molecule has 0 radical (unpaired) electrons. The summed E-state index contributed by atoms with van der Waals surface area (Å²) >= 11 is 0. The molecule has 3 fully saturated rings. The minimum absolute atomic E-state index is 0.0739. The number of carbonyl (C=O) groups excluding carboxylic acids is 1. The molecule has 3 nitrogen and oxygen atoms in total. The van der Waals surface area contributed by atoms with E-state index in [1.807, 2.05) is 13.0 Å². The van der Waals surface area contributed by atoms with E-state index in [4.69, 9.17) is 4.74 Å². The summed E-state index contributed by atoms with van der Waals surface area (Å²) in [4.78, 5) is 13.7. The normalized spacial score (nSPS) is 41.2. The van der Waals surface area contributed by atoms with Gasteiger partial charge in [-0.3, -0.25) is 4.79 Å². The van der Waals surface area contributed by atoms with E-state index in [1.165, 1.54) is 18.4 Å². The first kappa shape index (κ1) is 28.2. The minimum Gasteiger partial charge on any atom is -0.453 e. The number of rotatable bonds is 7. The molecule has 0 spiro atoms. The molecule has 7 atom stereocenters. The van der Waals surface area contributed by atoms with Crippen molar-refractivity contribution in [1.29, 1.82) is 0 Å². The molecule has 198 valence electrons. The lowest BCUT2D eigenvalue weighted by atomic mass is 9.52. The Balaban J connectivity index is 1.92. The number of aliphatic hydroxyl groups is 1. The molecule has 3 aliphatic rings. The van der Waals surface area contributed by atoms with Gasteiger partial charge in [0.2, 0.25) is 0 Å². The van der Waals surface area contributed by atoms with Gasteiger partial charge < -0.3 is 9.84 Å². The van der Waals surface area contributed by atoms with E-state index in [2.05, 4.69) is 86.6 Å². The summed E-state index contributed by atoms with van der Waals surface area (Å²) in [6.07, 6.45) is 16.3. The number of aliphatic hydroxyl groups excluding tert-OH is 1. The highest BCUT2D eigenvalue weighted by Gasteiger charge is 2.69. The van der Waals surface area contributed by atoms with Crippen LogP contribution >= 0.6 is 0 Å². The van der Waals surface area contributed by atoms with Gasteiger partial charge in [-0.25, -0.2) is 0 Å². The molecular formula is C32H52O3. The summed E-state index contributed by atoms with van der Waals surface area (Å²) in [6, 6.07) is 0.